The van der Waals surface area contributed by atoms with Gasteiger partial charge in [0.15, 0.2) is 0 Å². The second-order valence-corrected chi connectivity index (χ2v) is 7.03. The van der Waals surface area contributed by atoms with Gasteiger partial charge in [-0.2, -0.15) is 0 Å². The van der Waals surface area contributed by atoms with Crippen molar-refractivity contribution in [3.63, 3.8) is 0 Å². The van der Waals surface area contributed by atoms with Crippen molar-refractivity contribution < 1.29 is 9.90 Å². The molecule has 1 fully saturated rings. The molecule has 0 radical (unpaired) electrons. The molecule has 1 N–H and O–H groups in total. The Morgan fingerprint density at radius 1 is 1.15 bits per heavy atom. The lowest BCUT2D eigenvalue weighted by molar-refractivity contribution is -0.136. The number of allylic oxidation sites excluding steroid dienone is 2. The second kappa shape index (κ2) is 8.81. The lowest BCUT2D eigenvalue weighted by Gasteiger charge is -2.35. The van der Waals surface area contributed by atoms with E-state index in [1.807, 2.05) is 24.4 Å². The zero-order valence-electron chi connectivity index (χ0n) is 15.4. The quantitative estimate of drug-likeness (QED) is 0.854. The highest BCUT2D eigenvalue weighted by Gasteiger charge is 2.16. The third-order valence-corrected chi connectivity index (χ3v) is 4.94. The molecule has 26 heavy (non-hydrogen) atoms. The molecule has 0 spiro atoms. The third-order valence-electron chi connectivity index (χ3n) is 4.94. The summed E-state index contributed by atoms with van der Waals surface area (Å²) in [5, 5.41) is 8.93. The van der Waals surface area contributed by atoms with Crippen LogP contribution >= 0.6 is 0 Å². The molecule has 3 rings (SSSR count). The summed E-state index contributed by atoms with van der Waals surface area (Å²) in [6.45, 7) is 4.34. The van der Waals surface area contributed by atoms with Crippen molar-refractivity contribution >= 4 is 11.7 Å². The van der Waals surface area contributed by atoms with E-state index in [4.69, 9.17) is 10.1 Å². The summed E-state index contributed by atoms with van der Waals surface area (Å²) in [4.78, 5) is 20.4. The second-order valence-electron chi connectivity index (χ2n) is 7.03. The Morgan fingerprint density at radius 3 is 2.69 bits per heavy atom. The number of piperazine rings is 1. The van der Waals surface area contributed by atoms with Crippen LogP contribution < -0.4 is 0 Å². The van der Waals surface area contributed by atoms with Gasteiger partial charge >= 0.3 is 5.97 Å². The molecule has 2 aliphatic rings. The summed E-state index contributed by atoms with van der Waals surface area (Å²) < 4.78 is 0. The van der Waals surface area contributed by atoms with Gasteiger partial charge in [0.25, 0.3) is 0 Å². The fourth-order valence-corrected chi connectivity index (χ4v) is 3.36. The van der Waals surface area contributed by atoms with Gasteiger partial charge in [0.1, 0.15) is 0 Å². The van der Waals surface area contributed by atoms with E-state index in [1.165, 1.54) is 5.70 Å². The van der Waals surface area contributed by atoms with Gasteiger partial charge in [-0.05, 0) is 37.1 Å². The summed E-state index contributed by atoms with van der Waals surface area (Å²) in [5.41, 5.74) is 4.39. The predicted molar refractivity (Wildman–Crippen MR) is 104 cm³/mol. The highest BCUT2D eigenvalue weighted by molar-refractivity contribution is 5.95. The van der Waals surface area contributed by atoms with Gasteiger partial charge in [0.2, 0.25) is 0 Å². The first-order chi connectivity index (χ1) is 12.6. The smallest absolute Gasteiger partial charge is 0.307 e. The van der Waals surface area contributed by atoms with E-state index in [0.717, 1.165) is 62.3 Å². The Balaban J connectivity index is 1.59. The highest BCUT2D eigenvalue weighted by atomic mass is 16.4. The normalized spacial score (nSPS) is 18.3. The van der Waals surface area contributed by atoms with Crippen molar-refractivity contribution in [1.29, 1.82) is 0 Å². The Labute approximate surface area is 155 Å². The molecule has 1 aromatic rings. The molecule has 5 heteroatoms. The number of benzene rings is 1. The lowest BCUT2D eigenvalue weighted by Crippen LogP contribution is -2.43. The largest absolute Gasteiger partial charge is 0.481 e. The molecule has 2 heterocycles. The molecule has 1 aromatic carbocycles. The number of carboxylic acid groups (broad SMARTS) is 1. The molecule has 1 saturated heterocycles. The fraction of sp³-hybridized carbons (Fsp3) is 0.429. The summed E-state index contributed by atoms with van der Waals surface area (Å²) >= 11 is 0. The number of nitrogens with zero attached hydrogens (tertiary/aromatic N) is 3. The zero-order chi connectivity index (χ0) is 18.4. The summed E-state index contributed by atoms with van der Waals surface area (Å²) in [7, 11) is 2.17. The first-order valence-electron chi connectivity index (χ1n) is 9.25. The summed E-state index contributed by atoms with van der Waals surface area (Å²) in [6.07, 6.45) is 9.10. The van der Waals surface area contributed by atoms with E-state index in [2.05, 4.69) is 35.1 Å². The number of aliphatic carboxylic acids is 1. The minimum absolute atomic E-state index is 0.0752. The number of aryl methyl sites for hydroxylation is 1. The fourth-order valence-electron chi connectivity index (χ4n) is 3.36. The highest BCUT2D eigenvalue weighted by Crippen LogP contribution is 2.17. The van der Waals surface area contributed by atoms with Crippen molar-refractivity contribution in [2.75, 3.05) is 33.2 Å². The number of hydrogen-bond donors (Lipinski definition) is 1. The van der Waals surface area contributed by atoms with Gasteiger partial charge in [0.05, 0.1) is 6.42 Å². The summed E-state index contributed by atoms with van der Waals surface area (Å²) in [5.74, 6) is -0.792. The van der Waals surface area contributed by atoms with Gasteiger partial charge in [-0.1, -0.05) is 30.3 Å². The minimum Gasteiger partial charge on any atom is -0.481 e. The molecular weight excluding hydrogens is 326 g/mol. The molecule has 0 atom stereocenters. The molecule has 0 bridgehead atoms. The molecule has 0 aromatic heterocycles. The molecular formula is C21H27N3O2. The van der Waals surface area contributed by atoms with Crippen LogP contribution in [0.25, 0.3) is 0 Å². The van der Waals surface area contributed by atoms with E-state index in [1.54, 1.807) is 0 Å². The van der Waals surface area contributed by atoms with E-state index in [-0.39, 0.29) is 6.42 Å². The Bertz CT molecular complexity index is 729. The van der Waals surface area contributed by atoms with Crippen LogP contribution in [0.1, 0.15) is 24.0 Å². The van der Waals surface area contributed by atoms with Crippen molar-refractivity contribution in [2.24, 2.45) is 4.99 Å². The summed E-state index contributed by atoms with van der Waals surface area (Å²) in [6, 6.07) is 7.84. The zero-order valence-corrected chi connectivity index (χ0v) is 15.4. The van der Waals surface area contributed by atoms with Crippen LogP contribution in [0, 0.1) is 0 Å². The first-order valence-corrected chi connectivity index (χ1v) is 9.25. The van der Waals surface area contributed by atoms with Crippen LogP contribution in [-0.2, 0) is 17.6 Å². The first kappa shape index (κ1) is 18.4. The SMILES string of the molecule is CN1CCN(C2=CN=C(CCc3cccc(CC(=O)O)c3)C=CC2)CC1. The minimum atomic E-state index is -0.792. The number of hydrogen-bond acceptors (Lipinski definition) is 4. The monoisotopic (exact) mass is 353 g/mol. The average molecular weight is 353 g/mol. The molecule has 0 unspecified atom stereocenters. The molecule has 0 aliphatic carbocycles. The van der Waals surface area contributed by atoms with Crippen LogP contribution in [0.3, 0.4) is 0 Å². The standard InChI is InChI=1S/C21H27N3O2/c1-23-10-12-24(13-11-23)20-7-3-6-19(22-16-20)9-8-17-4-2-5-18(14-17)15-21(25)26/h2-6,14,16H,7-13,15H2,1H3,(H,25,26). The van der Waals surface area contributed by atoms with Crippen LogP contribution in [0.5, 0.6) is 0 Å². The Morgan fingerprint density at radius 2 is 1.92 bits per heavy atom. The van der Waals surface area contributed by atoms with Crippen LogP contribution in [-0.4, -0.2) is 59.8 Å². The number of aliphatic imine (C=N–C) groups is 1. The van der Waals surface area contributed by atoms with Crippen molar-refractivity contribution in [1.82, 2.24) is 9.80 Å². The number of rotatable bonds is 6. The molecule has 0 saturated carbocycles. The van der Waals surface area contributed by atoms with E-state index < -0.39 is 5.97 Å². The molecule has 0 amide bonds. The van der Waals surface area contributed by atoms with Gasteiger partial charge in [-0.25, -0.2) is 0 Å². The van der Waals surface area contributed by atoms with Crippen LogP contribution in [0.15, 0.2) is 53.3 Å². The number of carbonyl (C=O) groups is 1. The average Bonchev–Trinajstić information content (AvgIpc) is 2.86. The Hall–Kier alpha value is -2.40. The number of carboxylic acids is 1. The number of likely N-dealkylation sites (N-methyl/N-ethyl adjacent to an activating group) is 1. The van der Waals surface area contributed by atoms with Crippen LogP contribution in [0.2, 0.25) is 0 Å². The van der Waals surface area contributed by atoms with E-state index in [9.17, 15) is 4.79 Å². The van der Waals surface area contributed by atoms with Crippen molar-refractivity contribution in [2.45, 2.75) is 25.7 Å². The van der Waals surface area contributed by atoms with Gasteiger partial charge < -0.3 is 14.9 Å². The maximum absolute atomic E-state index is 10.9. The lowest BCUT2D eigenvalue weighted by atomic mass is 10.0. The van der Waals surface area contributed by atoms with Crippen molar-refractivity contribution in [3.8, 4) is 0 Å². The maximum atomic E-state index is 10.9. The van der Waals surface area contributed by atoms with Gasteiger partial charge in [-0.15, -0.1) is 0 Å². The molecule has 138 valence electrons. The molecule has 2 aliphatic heterocycles. The molecule has 5 nitrogen and oxygen atoms in total. The van der Waals surface area contributed by atoms with E-state index in [0.29, 0.717) is 0 Å². The predicted octanol–water partition coefficient (Wildman–Crippen LogP) is 2.74. The Kier molecular flexibility index (Phi) is 6.23. The van der Waals surface area contributed by atoms with E-state index >= 15 is 0 Å². The van der Waals surface area contributed by atoms with Gasteiger partial charge in [-0.3, -0.25) is 9.79 Å². The third kappa shape index (κ3) is 5.30. The maximum Gasteiger partial charge on any atom is 0.307 e. The van der Waals surface area contributed by atoms with Crippen LogP contribution in [0.4, 0.5) is 0 Å². The van der Waals surface area contributed by atoms with Gasteiger partial charge in [0, 0.05) is 50.2 Å². The topological polar surface area (TPSA) is 56.1 Å². The van der Waals surface area contributed by atoms with Crippen molar-refractivity contribution in [3.05, 3.63) is 59.4 Å².